The van der Waals surface area contributed by atoms with Crippen LogP contribution in [-0.2, 0) is 6.42 Å². The van der Waals surface area contributed by atoms with Crippen molar-refractivity contribution in [2.75, 3.05) is 27.8 Å². The molecule has 0 saturated heterocycles. The van der Waals surface area contributed by atoms with E-state index in [0.717, 1.165) is 28.9 Å². The zero-order valence-corrected chi connectivity index (χ0v) is 13.3. The number of nitrogens with one attached hydrogen (secondary N) is 1. The van der Waals surface area contributed by atoms with Crippen molar-refractivity contribution in [1.82, 2.24) is 5.32 Å². The number of methoxy groups -OCH3 is 2. The van der Waals surface area contributed by atoms with E-state index < -0.39 is 0 Å². The Bertz CT molecular complexity index is 405. The molecule has 0 atom stereocenters. The fourth-order valence-electron chi connectivity index (χ4n) is 2.14. The molecule has 0 spiro atoms. The molecule has 0 radical (unpaired) electrons. The minimum atomic E-state index is 0.387. The summed E-state index contributed by atoms with van der Waals surface area (Å²) in [6.07, 6.45) is 0.963. The van der Waals surface area contributed by atoms with Crippen molar-refractivity contribution in [2.24, 2.45) is 0 Å². The van der Waals surface area contributed by atoms with Crippen LogP contribution in [0.3, 0.4) is 0 Å². The molecule has 102 valence electrons. The second kappa shape index (κ2) is 7.00. The first-order valence-corrected chi connectivity index (χ1v) is 6.93. The van der Waals surface area contributed by atoms with Crippen molar-refractivity contribution >= 4 is 15.9 Å². The lowest BCUT2D eigenvalue weighted by atomic mass is 9.93. The van der Waals surface area contributed by atoms with Gasteiger partial charge in [-0.1, -0.05) is 29.8 Å². The van der Waals surface area contributed by atoms with Crippen LogP contribution in [-0.4, -0.2) is 27.8 Å². The van der Waals surface area contributed by atoms with E-state index in [2.05, 4.69) is 35.1 Å². The van der Waals surface area contributed by atoms with E-state index in [-0.39, 0.29) is 0 Å². The highest BCUT2D eigenvalue weighted by molar-refractivity contribution is 9.10. The molecule has 0 aliphatic carbocycles. The predicted molar refractivity (Wildman–Crippen MR) is 79.0 cm³/mol. The third kappa shape index (κ3) is 3.18. The SMILES string of the molecule is CNCCc1c(Br)cc(OC)c(OC)c1C(C)C. The van der Waals surface area contributed by atoms with E-state index in [0.29, 0.717) is 5.92 Å². The molecule has 18 heavy (non-hydrogen) atoms. The smallest absolute Gasteiger partial charge is 0.164 e. The minimum absolute atomic E-state index is 0.387. The number of ether oxygens (including phenoxy) is 2. The average molecular weight is 316 g/mol. The first-order valence-electron chi connectivity index (χ1n) is 6.14. The van der Waals surface area contributed by atoms with Crippen molar-refractivity contribution < 1.29 is 9.47 Å². The predicted octanol–water partition coefficient (Wildman–Crippen LogP) is 3.35. The van der Waals surface area contributed by atoms with Gasteiger partial charge in [0.25, 0.3) is 0 Å². The number of halogens is 1. The van der Waals surface area contributed by atoms with Crippen LogP contribution in [0.5, 0.6) is 11.5 Å². The topological polar surface area (TPSA) is 30.5 Å². The average Bonchev–Trinajstić information content (AvgIpc) is 2.35. The normalized spacial score (nSPS) is 10.8. The number of hydrogen-bond acceptors (Lipinski definition) is 3. The van der Waals surface area contributed by atoms with Gasteiger partial charge in [0.1, 0.15) is 0 Å². The number of hydrogen-bond donors (Lipinski definition) is 1. The molecular weight excluding hydrogens is 294 g/mol. The van der Waals surface area contributed by atoms with Crippen LogP contribution in [0, 0.1) is 0 Å². The highest BCUT2D eigenvalue weighted by atomic mass is 79.9. The molecule has 0 aliphatic rings. The Labute approximate surface area is 118 Å². The molecule has 3 nitrogen and oxygen atoms in total. The molecule has 1 aromatic carbocycles. The molecule has 0 amide bonds. The third-order valence-corrected chi connectivity index (χ3v) is 3.67. The van der Waals surface area contributed by atoms with E-state index in [4.69, 9.17) is 9.47 Å². The zero-order valence-electron chi connectivity index (χ0n) is 11.8. The Morgan fingerprint density at radius 3 is 2.39 bits per heavy atom. The van der Waals surface area contributed by atoms with Crippen molar-refractivity contribution in [3.8, 4) is 11.5 Å². The molecule has 4 heteroatoms. The lowest BCUT2D eigenvalue weighted by Crippen LogP contribution is -2.13. The van der Waals surface area contributed by atoms with Gasteiger partial charge in [-0.15, -0.1) is 0 Å². The maximum atomic E-state index is 5.54. The van der Waals surface area contributed by atoms with Gasteiger partial charge in [0, 0.05) is 10.0 Å². The van der Waals surface area contributed by atoms with Crippen LogP contribution >= 0.6 is 15.9 Å². The summed E-state index contributed by atoms with van der Waals surface area (Å²) in [6.45, 7) is 5.28. The Kier molecular flexibility index (Phi) is 5.96. The fraction of sp³-hybridized carbons (Fsp3) is 0.571. The van der Waals surface area contributed by atoms with Crippen molar-refractivity contribution in [2.45, 2.75) is 26.2 Å². The van der Waals surface area contributed by atoms with Crippen molar-refractivity contribution in [3.05, 3.63) is 21.7 Å². The summed E-state index contributed by atoms with van der Waals surface area (Å²) in [6, 6.07) is 1.98. The molecule has 1 aromatic rings. The first-order chi connectivity index (χ1) is 8.56. The van der Waals surface area contributed by atoms with E-state index in [9.17, 15) is 0 Å². The fourth-order valence-corrected chi connectivity index (χ4v) is 2.76. The van der Waals surface area contributed by atoms with Gasteiger partial charge in [0.2, 0.25) is 0 Å². The zero-order chi connectivity index (χ0) is 13.7. The second-order valence-corrected chi connectivity index (χ2v) is 5.35. The number of likely N-dealkylation sites (N-methyl/N-ethyl adjacent to an activating group) is 1. The van der Waals surface area contributed by atoms with Gasteiger partial charge in [-0.25, -0.2) is 0 Å². The molecule has 0 aromatic heterocycles. The minimum Gasteiger partial charge on any atom is -0.493 e. The summed E-state index contributed by atoms with van der Waals surface area (Å²) in [5.74, 6) is 2.02. The molecule has 0 saturated carbocycles. The summed E-state index contributed by atoms with van der Waals surface area (Å²) in [5, 5.41) is 3.18. The second-order valence-electron chi connectivity index (χ2n) is 4.49. The summed E-state index contributed by atoms with van der Waals surface area (Å²) in [7, 11) is 5.32. The monoisotopic (exact) mass is 315 g/mol. The van der Waals surface area contributed by atoms with Crippen LogP contribution in [0.15, 0.2) is 10.5 Å². The highest BCUT2D eigenvalue weighted by Gasteiger charge is 2.20. The molecule has 0 fully saturated rings. The van der Waals surface area contributed by atoms with E-state index in [1.165, 1.54) is 11.1 Å². The molecule has 0 heterocycles. The van der Waals surface area contributed by atoms with Gasteiger partial charge in [0.05, 0.1) is 14.2 Å². The molecule has 0 aliphatic heterocycles. The Morgan fingerprint density at radius 2 is 1.94 bits per heavy atom. The lowest BCUT2D eigenvalue weighted by Gasteiger charge is -2.21. The van der Waals surface area contributed by atoms with E-state index in [1.54, 1.807) is 14.2 Å². The summed E-state index contributed by atoms with van der Waals surface area (Å²) in [4.78, 5) is 0. The summed E-state index contributed by atoms with van der Waals surface area (Å²) < 4.78 is 12.0. The molecule has 1 rings (SSSR count). The molecule has 0 unspecified atom stereocenters. The van der Waals surface area contributed by atoms with Crippen LogP contribution in [0.2, 0.25) is 0 Å². The first kappa shape index (κ1) is 15.3. The largest absolute Gasteiger partial charge is 0.493 e. The standard InChI is InChI=1S/C14H22BrNO2/c1-9(2)13-10(6-7-16-3)11(15)8-12(17-4)14(13)18-5/h8-9,16H,6-7H2,1-5H3. The van der Waals surface area contributed by atoms with E-state index >= 15 is 0 Å². The van der Waals surface area contributed by atoms with Gasteiger partial charge in [-0.2, -0.15) is 0 Å². The van der Waals surface area contributed by atoms with Gasteiger partial charge in [-0.05, 0) is 37.6 Å². The van der Waals surface area contributed by atoms with Crippen LogP contribution in [0.1, 0.15) is 30.9 Å². The third-order valence-electron chi connectivity index (χ3n) is 2.97. The lowest BCUT2D eigenvalue weighted by molar-refractivity contribution is 0.349. The van der Waals surface area contributed by atoms with Crippen LogP contribution in [0.4, 0.5) is 0 Å². The van der Waals surface area contributed by atoms with Crippen LogP contribution in [0.25, 0.3) is 0 Å². The van der Waals surface area contributed by atoms with Gasteiger partial charge in [0.15, 0.2) is 11.5 Å². The number of benzene rings is 1. The van der Waals surface area contributed by atoms with Gasteiger partial charge < -0.3 is 14.8 Å². The Balaban J connectivity index is 3.39. The Morgan fingerprint density at radius 1 is 1.28 bits per heavy atom. The number of rotatable bonds is 6. The van der Waals surface area contributed by atoms with Gasteiger partial charge >= 0.3 is 0 Å². The highest BCUT2D eigenvalue weighted by Crippen LogP contribution is 2.42. The van der Waals surface area contributed by atoms with Crippen LogP contribution < -0.4 is 14.8 Å². The maximum Gasteiger partial charge on any atom is 0.164 e. The maximum absolute atomic E-state index is 5.54. The van der Waals surface area contributed by atoms with Crippen molar-refractivity contribution in [3.63, 3.8) is 0 Å². The van der Waals surface area contributed by atoms with E-state index in [1.807, 2.05) is 13.1 Å². The quantitative estimate of drug-likeness (QED) is 0.873. The molecule has 0 bridgehead atoms. The summed E-state index contributed by atoms with van der Waals surface area (Å²) in [5.41, 5.74) is 2.51. The molecule has 1 N–H and O–H groups in total. The van der Waals surface area contributed by atoms with Gasteiger partial charge in [-0.3, -0.25) is 0 Å². The summed E-state index contributed by atoms with van der Waals surface area (Å²) >= 11 is 3.64. The molecular formula is C14H22BrNO2. The van der Waals surface area contributed by atoms with Crippen molar-refractivity contribution in [1.29, 1.82) is 0 Å². The Hall–Kier alpha value is -0.740.